The number of nitrogens with zero attached hydrogens (tertiary/aromatic N) is 1. The molecule has 0 saturated carbocycles. The highest BCUT2D eigenvalue weighted by Gasteiger charge is 2.32. The van der Waals surface area contributed by atoms with Crippen LogP contribution in [0.1, 0.15) is 51.4 Å². The van der Waals surface area contributed by atoms with Gasteiger partial charge < -0.3 is 19.9 Å². The lowest BCUT2D eigenvalue weighted by atomic mass is 9.99. The topological polar surface area (TPSA) is 80.7 Å². The number of ether oxygens (including phenoxy) is 2. The van der Waals surface area contributed by atoms with Crippen LogP contribution >= 0.6 is 23.1 Å². The SMILES string of the molecule is O=C(NCc1cccc(-c2ccc(C3OC(CSc4nc5ccccc5s4)CC(c4ccc(CO)cc4)O3)cc2)c1)c1ccccc1. The Labute approximate surface area is 282 Å². The molecule has 3 unspecified atom stereocenters. The number of nitrogens with one attached hydrogen (secondary N) is 1. The van der Waals surface area contributed by atoms with Gasteiger partial charge in [-0.05, 0) is 58.1 Å². The second-order valence-electron chi connectivity index (χ2n) is 11.5. The summed E-state index contributed by atoms with van der Waals surface area (Å²) >= 11 is 3.43. The van der Waals surface area contributed by atoms with Crippen molar-refractivity contribution in [2.75, 3.05) is 5.75 Å². The van der Waals surface area contributed by atoms with Gasteiger partial charge in [-0.2, -0.15) is 0 Å². The molecule has 1 fully saturated rings. The van der Waals surface area contributed by atoms with E-state index in [0.29, 0.717) is 12.1 Å². The van der Waals surface area contributed by atoms with Crippen LogP contribution < -0.4 is 5.32 Å². The number of hydrogen-bond acceptors (Lipinski definition) is 7. The number of carbonyl (C=O) groups is 1. The summed E-state index contributed by atoms with van der Waals surface area (Å²) in [5.74, 6) is 0.670. The minimum Gasteiger partial charge on any atom is -0.392 e. The van der Waals surface area contributed by atoms with Crippen molar-refractivity contribution in [1.29, 1.82) is 0 Å². The minimum atomic E-state index is -0.527. The van der Waals surface area contributed by atoms with Gasteiger partial charge in [0.15, 0.2) is 10.6 Å². The molecule has 0 spiro atoms. The quantitative estimate of drug-likeness (QED) is 0.143. The van der Waals surface area contributed by atoms with Gasteiger partial charge in [-0.3, -0.25) is 4.79 Å². The summed E-state index contributed by atoms with van der Waals surface area (Å²) in [6.45, 7) is 0.455. The Morgan fingerprint density at radius 1 is 0.809 bits per heavy atom. The average molecular weight is 659 g/mol. The lowest BCUT2D eigenvalue weighted by Crippen LogP contribution is -2.31. The van der Waals surface area contributed by atoms with E-state index in [4.69, 9.17) is 14.5 Å². The van der Waals surface area contributed by atoms with E-state index < -0.39 is 6.29 Å². The first kappa shape index (κ1) is 31.3. The molecule has 1 aliphatic rings. The second kappa shape index (κ2) is 14.6. The van der Waals surface area contributed by atoms with Gasteiger partial charge >= 0.3 is 0 Å². The van der Waals surface area contributed by atoms with Crippen molar-refractivity contribution in [1.82, 2.24) is 10.3 Å². The fraction of sp³-hybridized carbons (Fsp3) is 0.179. The Morgan fingerprint density at radius 2 is 1.57 bits per heavy atom. The summed E-state index contributed by atoms with van der Waals surface area (Å²) in [5.41, 5.74) is 7.73. The summed E-state index contributed by atoms with van der Waals surface area (Å²) in [5, 5.41) is 12.6. The summed E-state index contributed by atoms with van der Waals surface area (Å²) < 4.78 is 15.4. The van der Waals surface area contributed by atoms with Crippen molar-refractivity contribution in [3.8, 4) is 11.1 Å². The summed E-state index contributed by atoms with van der Waals surface area (Å²) in [7, 11) is 0. The highest BCUT2D eigenvalue weighted by atomic mass is 32.2. The van der Waals surface area contributed by atoms with E-state index in [0.717, 1.165) is 55.4 Å². The number of thioether (sulfide) groups is 1. The Kier molecular flexibility index (Phi) is 9.74. The third-order valence-corrected chi connectivity index (χ3v) is 10.5. The number of benzene rings is 5. The molecule has 1 aromatic heterocycles. The van der Waals surface area contributed by atoms with Gasteiger partial charge in [0.2, 0.25) is 0 Å². The van der Waals surface area contributed by atoms with Gasteiger partial charge in [0.25, 0.3) is 5.91 Å². The molecule has 6 nitrogen and oxygen atoms in total. The van der Waals surface area contributed by atoms with Crippen LogP contribution in [0.5, 0.6) is 0 Å². The van der Waals surface area contributed by atoms with Crippen molar-refractivity contribution >= 4 is 39.2 Å². The third-order valence-electron chi connectivity index (χ3n) is 8.21. The zero-order chi connectivity index (χ0) is 32.0. The van der Waals surface area contributed by atoms with Crippen LogP contribution in [-0.4, -0.2) is 27.9 Å². The normalized spacial score (nSPS) is 17.9. The first-order valence-corrected chi connectivity index (χ1v) is 17.4. The molecule has 7 rings (SSSR count). The van der Waals surface area contributed by atoms with Gasteiger partial charge in [0, 0.05) is 29.8 Å². The Balaban J connectivity index is 1.06. The van der Waals surface area contributed by atoms with Crippen molar-refractivity contribution in [2.24, 2.45) is 0 Å². The lowest BCUT2D eigenvalue weighted by Gasteiger charge is -2.36. The summed E-state index contributed by atoms with van der Waals surface area (Å²) in [6, 6.07) is 42.0. The molecule has 5 aromatic carbocycles. The number of para-hydroxylation sites is 1. The fourth-order valence-electron chi connectivity index (χ4n) is 5.67. The first-order valence-electron chi connectivity index (χ1n) is 15.6. The van der Waals surface area contributed by atoms with Crippen LogP contribution in [0.25, 0.3) is 21.3 Å². The van der Waals surface area contributed by atoms with Crippen LogP contribution in [-0.2, 0) is 22.6 Å². The summed E-state index contributed by atoms with van der Waals surface area (Å²) in [6.07, 6.45) is -0.0000757. The van der Waals surface area contributed by atoms with Crippen molar-refractivity contribution < 1.29 is 19.4 Å². The predicted molar refractivity (Wildman–Crippen MR) is 188 cm³/mol. The number of amides is 1. The molecule has 0 aliphatic carbocycles. The Morgan fingerprint density at radius 3 is 2.36 bits per heavy atom. The van der Waals surface area contributed by atoms with Crippen LogP contribution in [0.3, 0.4) is 0 Å². The van der Waals surface area contributed by atoms with Gasteiger partial charge in [-0.1, -0.05) is 109 Å². The number of carbonyl (C=O) groups excluding carboxylic acids is 1. The number of rotatable bonds is 10. The molecule has 3 atom stereocenters. The van der Waals surface area contributed by atoms with Crippen LogP contribution in [0.2, 0.25) is 0 Å². The van der Waals surface area contributed by atoms with E-state index in [-0.39, 0.29) is 24.7 Å². The minimum absolute atomic E-state index is 0.0105. The lowest BCUT2D eigenvalue weighted by molar-refractivity contribution is -0.245. The molecule has 1 saturated heterocycles. The monoisotopic (exact) mass is 658 g/mol. The number of aromatic nitrogens is 1. The zero-order valence-corrected chi connectivity index (χ0v) is 27.3. The van der Waals surface area contributed by atoms with Gasteiger partial charge in [-0.25, -0.2) is 4.98 Å². The predicted octanol–water partition coefficient (Wildman–Crippen LogP) is 8.72. The molecular weight excluding hydrogens is 625 g/mol. The van der Waals surface area contributed by atoms with E-state index in [1.54, 1.807) is 23.1 Å². The Bertz CT molecular complexity index is 1910. The number of aliphatic hydroxyl groups is 1. The first-order chi connectivity index (χ1) is 23.1. The van der Waals surface area contributed by atoms with E-state index in [1.165, 1.54) is 4.70 Å². The molecular formula is C39H34N2O4S2. The van der Waals surface area contributed by atoms with Gasteiger partial charge in [-0.15, -0.1) is 11.3 Å². The number of aliphatic hydroxyl groups excluding tert-OH is 1. The molecule has 236 valence electrons. The maximum absolute atomic E-state index is 12.5. The van der Waals surface area contributed by atoms with Crippen molar-refractivity contribution in [3.05, 3.63) is 155 Å². The molecule has 47 heavy (non-hydrogen) atoms. The fourth-order valence-corrected chi connectivity index (χ4v) is 7.78. The Hall–Kier alpha value is -4.31. The molecule has 2 N–H and O–H groups in total. The molecule has 1 amide bonds. The molecule has 2 heterocycles. The van der Waals surface area contributed by atoms with E-state index in [9.17, 15) is 9.90 Å². The van der Waals surface area contributed by atoms with E-state index >= 15 is 0 Å². The smallest absolute Gasteiger partial charge is 0.251 e. The van der Waals surface area contributed by atoms with Gasteiger partial charge in [0.05, 0.1) is 29.0 Å². The van der Waals surface area contributed by atoms with E-state index in [1.807, 2.05) is 84.9 Å². The number of fused-ring (bicyclic) bond motifs is 1. The number of hydrogen-bond donors (Lipinski definition) is 2. The second-order valence-corrected chi connectivity index (χ2v) is 13.8. The summed E-state index contributed by atoms with van der Waals surface area (Å²) in [4.78, 5) is 17.3. The standard InChI is InChI=1S/C39H34N2O4S2/c42-24-26-13-15-29(16-14-26)35-22-33(25-46-39-41-34-11-4-5-12-36(34)47-39)44-38(45-35)31-19-17-28(18-20-31)32-10-6-7-27(21-32)23-40-37(43)30-8-2-1-3-9-30/h1-21,33,35,38,42H,22-25H2,(H,40,43). The maximum Gasteiger partial charge on any atom is 0.251 e. The van der Waals surface area contributed by atoms with Crippen LogP contribution in [0, 0.1) is 0 Å². The molecule has 6 aromatic rings. The van der Waals surface area contributed by atoms with Gasteiger partial charge in [0.1, 0.15) is 0 Å². The molecule has 0 radical (unpaired) electrons. The van der Waals surface area contributed by atoms with Crippen molar-refractivity contribution in [2.45, 2.75) is 42.4 Å². The third kappa shape index (κ3) is 7.64. The van der Waals surface area contributed by atoms with Crippen LogP contribution in [0.15, 0.2) is 132 Å². The molecule has 0 bridgehead atoms. The average Bonchev–Trinajstić information content (AvgIpc) is 3.57. The van der Waals surface area contributed by atoms with Crippen LogP contribution in [0.4, 0.5) is 0 Å². The molecule has 1 aliphatic heterocycles. The zero-order valence-electron chi connectivity index (χ0n) is 25.6. The van der Waals surface area contributed by atoms with Crippen molar-refractivity contribution in [3.63, 3.8) is 0 Å². The highest BCUT2D eigenvalue weighted by Crippen LogP contribution is 2.40. The maximum atomic E-state index is 12.5. The van der Waals surface area contributed by atoms with E-state index in [2.05, 4.69) is 47.8 Å². The largest absolute Gasteiger partial charge is 0.392 e. The number of thiazole rings is 1. The molecule has 8 heteroatoms. The highest BCUT2D eigenvalue weighted by molar-refractivity contribution is 8.01.